The van der Waals surface area contributed by atoms with Crippen molar-refractivity contribution in [2.24, 2.45) is 0 Å². The first-order chi connectivity index (χ1) is 12.7. The molecular weight excluding hydrogens is 332 g/mol. The quantitative estimate of drug-likeness (QED) is 0.729. The van der Waals surface area contributed by atoms with Gasteiger partial charge in [-0.05, 0) is 31.4 Å². The molecule has 1 N–H and O–H groups in total. The molecule has 1 aliphatic rings. The number of nitrogens with one attached hydrogen (secondary N) is 1. The minimum absolute atomic E-state index is 0.0142. The monoisotopic (exact) mass is 354 g/mol. The molecule has 0 bridgehead atoms. The molecule has 3 aromatic rings. The van der Waals surface area contributed by atoms with Crippen molar-refractivity contribution in [2.45, 2.75) is 57.9 Å². The molecule has 0 unspecified atom stereocenters. The molecule has 1 amide bonds. The van der Waals surface area contributed by atoms with Gasteiger partial charge in [-0.25, -0.2) is 0 Å². The lowest BCUT2D eigenvalue weighted by Crippen LogP contribution is -2.34. The van der Waals surface area contributed by atoms with E-state index in [0.29, 0.717) is 29.2 Å². The number of fused-ring (bicyclic) bond motifs is 1. The molecular formula is C18H22N6O2. The number of pyridine rings is 1. The topological polar surface area (TPSA) is 98.2 Å². The average molecular weight is 354 g/mol. The molecule has 0 atom stereocenters. The van der Waals surface area contributed by atoms with Crippen molar-refractivity contribution in [1.82, 2.24) is 30.1 Å². The van der Waals surface area contributed by atoms with Gasteiger partial charge in [0.2, 0.25) is 5.91 Å². The third-order valence-corrected chi connectivity index (χ3v) is 4.70. The van der Waals surface area contributed by atoms with Crippen molar-refractivity contribution in [3.05, 3.63) is 30.0 Å². The Labute approximate surface area is 151 Å². The maximum absolute atomic E-state index is 12.3. The van der Waals surface area contributed by atoms with Gasteiger partial charge in [0.15, 0.2) is 11.5 Å². The van der Waals surface area contributed by atoms with E-state index < -0.39 is 0 Å². The van der Waals surface area contributed by atoms with Crippen LogP contribution in [0, 0.1) is 0 Å². The number of aryl methyl sites for hydroxylation is 1. The Morgan fingerprint density at radius 1 is 1.31 bits per heavy atom. The molecule has 4 rings (SSSR count). The van der Waals surface area contributed by atoms with E-state index in [-0.39, 0.29) is 12.3 Å². The predicted octanol–water partition coefficient (Wildman–Crippen LogP) is 2.33. The Morgan fingerprint density at radius 3 is 2.96 bits per heavy atom. The molecule has 0 radical (unpaired) electrons. The summed E-state index contributed by atoms with van der Waals surface area (Å²) in [6, 6.07) is 4.01. The normalized spacial score (nSPS) is 15.0. The Bertz CT molecular complexity index is 909. The Hall–Kier alpha value is -2.77. The van der Waals surface area contributed by atoms with Crippen LogP contribution in [0.5, 0.6) is 0 Å². The highest BCUT2D eigenvalue weighted by Crippen LogP contribution is 2.20. The van der Waals surface area contributed by atoms with Crippen molar-refractivity contribution in [1.29, 1.82) is 0 Å². The summed E-state index contributed by atoms with van der Waals surface area (Å²) in [4.78, 5) is 16.7. The minimum atomic E-state index is -0.0142. The molecule has 1 saturated carbocycles. The first kappa shape index (κ1) is 16.7. The molecule has 3 aromatic heterocycles. The fraction of sp³-hybridized carbons (Fsp3) is 0.500. The van der Waals surface area contributed by atoms with E-state index in [2.05, 4.69) is 32.6 Å². The fourth-order valence-electron chi connectivity index (χ4n) is 3.37. The molecule has 0 aliphatic heterocycles. The van der Waals surface area contributed by atoms with Gasteiger partial charge in [0.05, 0.1) is 12.0 Å². The van der Waals surface area contributed by atoms with Crippen molar-refractivity contribution >= 4 is 11.6 Å². The highest BCUT2D eigenvalue weighted by Gasteiger charge is 2.19. The van der Waals surface area contributed by atoms with Crippen molar-refractivity contribution in [3.63, 3.8) is 0 Å². The van der Waals surface area contributed by atoms with Gasteiger partial charge in [-0.2, -0.15) is 4.98 Å². The van der Waals surface area contributed by atoms with Gasteiger partial charge in [0.25, 0.3) is 5.89 Å². The number of nitrogens with zero attached hydrogens (tertiary/aromatic N) is 5. The number of amides is 1. The molecule has 1 aliphatic carbocycles. The van der Waals surface area contributed by atoms with E-state index in [4.69, 9.17) is 4.52 Å². The van der Waals surface area contributed by atoms with Crippen LogP contribution in [0.3, 0.4) is 0 Å². The smallest absolute Gasteiger partial charge is 0.259 e. The Balaban J connectivity index is 1.54. The van der Waals surface area contributed by atoms with Gasteiger partial charge in [0, 0.05) is 18.7 Å². The third-order valence-electron chi connectivity index (χ3n) is 4.70. The summed E-state index contributed by atoms with van der Waals surface area (Å²) in [5.74, 6) is 1.75. The van der Waals surface area contributed by atoms with Gasteiger partial charge in [0.1, 0.15) is 5.82 Å². The van der Waals surface area contributed by atoms with Gasteiger partial charge < -0.3 is 9.84 Å². The summed E-state index contributed by atoms with van der Waals surface area (Å²) in [5, 5.41) is 15.4. The lowest BCUT2D eigenvalue weighted by molar-refractivity contribution is -0.121. The highest BCUT2D eigenvalue weighted by molar-refractivity contribution is 5.78. The zero-order chi connectivity index (χ0) is 17.9. The first-order valence-electron chi connectivity index (χ1n) is 9.19. The highest BCUT2D eigenvalue weighted by atomic mass is 16.5. The molecule has 26 heavy (non-hydrogen) atoms. The van der Waals surface area contributed by atoms with E-state index in [0.717, 1.165) is 31.2 Å². The molecule has 0 saturated heterocycles. The van der Waals surface area contributed by atoms with Crippen molar-refractivity contribution in [3.8, 4) is 11.5 Å². The van der Waals surface area contributed by atoms with Gasteiger partial charge in [-0.3, -0.25) is 9.20 Å². The largest absolute Gasteiger partial charge is 0.353 e. The molecule has 136 valence electrons. The van der Waals surface area contributed by atoms with Crippen LogP contribution in [0.4, 0.5) is 0 Å². The predicted molar refractivity (Wildman–Crippen MR) is 94.4 cm³/mol. The van der Waals surface area contributed by atoms with E-state index in [1.54, 1.807) is 0 Å². The lowest BCUT2D eigenvalue weighted by Gasteiger charge is -2.11. The second-order valence-electron chi connectivity index (χ2n) is 6.75. The van der Waals surface area contributed by atoms with E-state index in [1.807, 2.05) is 22.7 Å². The minimum Gasteiger partial charge on any atom is -0.353 e. The molecule has 3 heterocycles. The van der Waals surface area contributed by atoms with Crippen LogP contribution in [-0.4, -0.2) is 36.7 Å². The zero-order valence-corrected chi connectivity index (χ0v) is 14.8. The molecule has 8 nitrogen and oxygen atoms in total. The summed E-state index contributed by atoms with van der Waals surface area (Å²) in [7, 11) is 0. The maximum atomic E-state index is 12.3. The number of carbonyl (C=O) groups excluding carboxylic acids is 1. The van der Waals surface area contributed by atoms with Crippen molar-refractivity contribution in [2.75, 3.05) is 0 Å². The second-order valence-corrected chi connectivity index (χ2v) is 6.75. The molecule has 1 fully saturated rings. The summed E-state index contributed by atoms with van der Waals surface area (Å²) in [6.07, 6.45) is 8.29. The summed E-state index contributed by atoms with van der Waals surface area (Å²) in [5.41, 5.74) is 1.47. The molecule has 0 aromatic carbocycles. The Kier molecular flexibility index (Phi) is 4.64. The van der Waals surface area contributed by atoms with Crippen LogP contribution >= 0.6 is 0 Å². The van der Waals surface area contributed by atoms with E-state index in [1.165, 1.54) is 12.8 Å². The summed E-state index contributed by atoms with van der Waals surface area (Å²) < 4.78 is 7.16. The third kappa shape index (κ3) is 3.44. The van der Waals surface area contributed by atoms with Gasteiger partial charge in [-0.15, -0.1) is 10.2 Å². The molecule has 0 spiro atoms. The average Bonchev–Trinajstić information content (AvgIpc) is 3.37. The number of hydrogen-bond acceptors (Lipinski definition) is 6. The van der Waals surface area contributed by atoms with Crippen LogP contribution in [0.15, 0.2) is 22.9 Å². The van der Waals surface area contributed by atoms with Gasteiger partial charge >= 0.3 is 0 Å². The van der Waals surface area contributed by atoms with Crippen LogP contribution < -0.4 is 5.32 Å². The zero-order valence-electron chi connectivity index (χ0n) is 14.8. The SMILES string of the molecule is CCCc1noc(-c2ccc3nnc(CC(=O)NC4CCCC4)n3c2)n1. The van der Waals surface area contributed by atoms with Crippen LogP contribution in [0.2, 0.25) is 0 Å². The molecule has 8 heteroatoms. The number of aromatic nitrogens is 5. The maximum Gasteiger partial charge on any atom is 0.259 e. The van der Waals surface area contributed by atoms with Crippen LogP contribution in [0.25, 0.3) is 17.1 Å². The number of hydrogen-bond donors (Lipinski definition) is 1. The van der Waals surface area contributed by atoms with Gasteiger partial charge in [-0.1, -0.05) is 24.9 Å². The number of carbonyl (C=O) groups is 1. The number of rotatable bonds is 6. The summed E-state index contributed by atoms with van der Waals surface area (Å²) in [6.45, 7) is 2.07. The van der Waals surface area contributed by atoms with E-state index >= 15 is 0 Å². The lowest BCUT2D eigenvalue weighted by atomic mass is 10.2. The summed E-state index contributed by atoms with van der Waals surface area (Å²) >= 11 is 0. The van der Waals surface area contributed by atoms with Crippen LogP contribution in [-0.2, 0) is 17.6 Å². The van der Waals surface area contributed by atoms with Crippen LogP contribution in [0.1, 0.15) is 50.7 Å². The van der Waals surface area contributed by atoms with Crippen molar-refractivity contribution < 1.29 is 9.32 Å². The van der Waals surface area contributed by atoms with E-state index in [9.17, 15) is 4.79 Å². The first-order valence-corrected chi connectivity index (χ1v) is 9.19. The Morgan fingerprint density at radius 2 is 2.15 bits per heavy atom. The standard InChI is InChI=1S/C18H22N6O2/c1-2-5-14-20-18(26-23-14)12-8-9-15-21-22-16(24(15)11-12)10-17(25)19-13-6-3-4-7-13/h8-9,11,13H,2-7,10H2,1H3,(H,19,25). The fourth-order valence-corrected chi connectivity index (χ4v) is 3.37. The second kappa shape index (κ2) is 7.23.